The van der Waals surface area contributed by atoms with Crippen molar-refractivity contribution in [3.05, 3.63) is 45.4 Å². The van der Waals surface area contributed by atoms with Gasteiger partial charge in [0.2, 0.25) is 0 Å². The van der Waals surface area contributed by atoms with E-state index in [1.165, 1.54) is 0 Å². The lowest BCUT2D eigenvalue weighted by molar-refractivity contribution is -0.0738. The summed E-state index contributed by atoms with van der Waals surface area (Å²) in [5.41, 5.74) is -2.47. The molecule has 0 amide bonds. The quantitative estimate of drug-likeness (QED) is 0.503. The van der Waals surface area contributed by atoms with Crippen LogP contribution in [0.15, 0.2) is 45.4 Å². The monoisotopic (exact) mass is 544 g/mol. The molecular formula is C15H16Br4O2. The lowest BCUT2D eigenvalue weighted by Crippen LogP contribution is -2.60. The van der Waals surface area contributed by atoms with Gasteiger partial charge in [-0.3, -0.25) is 0 Å². The molecule has 5 atom stereocenters. The van der Waals surface area contributed by atoms with E-state index in [-0.39, 0.29) is 9.65 Å². The summed E-state index contributed by atoms with van der Waals surface area (Å²) in [7, 11) is 0. The lowest BCUT2D eigenvalue weighted by Gasteiger charge is -2.49. The fourth-order valence-electron chi connectivity index (χ4n) is 2.97. The summed E-state index contributed by atoms with van der Waals surface area (Å²) in [4.78, 5) is -0.575. The van der Waals surface area contributed by atoms with Crippen molar-refractivity contribution < 1.29 is 10.2 Å². The zero-order chi connectivity index (χ0) is 15.8. The third-order valence-corrected chi connectivity index (χ3v) is 7.93. The Morgan fingerprint density at radius 3 is 1.67 bits per heavy atom. The van der Waals surface area contributed by atoms with E-state index in [4.69, 9.17) is 0 Å². The molecule has 0 aromatic carbocycles. The van der Waals surface area contributed by atoms with E-state index in [0.29, 0.717) is 15.4 Å². The van der Waals surface area contributed by atoms with Crippen LogP contribution in [0.25, 0.3) is 0 Å². The summed E-state index contributed by atoms with van der Waals surface area (Å²) in [5, 5.41) is 22.7. The first kappa shape index (κ1) is 18.1. The molecule has 1 unspecified atom stereocenters. The van der Waals surface area contributed by atoms with Crippen LogP contribution in [0.3, 0.4) is 0 Å². The van der Waals surface area contributed by atoms with E-state index in [1.807, 2.05) is 43.4 Å². The molecule has 0 heterocycles. The summed E-state index contributed by atoms with van der Waals surface area (Å²) in [6.07, 6.45) is 11.8. The van der Waals surface area contributed by atoms with Crippen LogP contribution in [0, 0.1) is 5.92 Å². The van der Waals surface area contributed by atoms with Crippen molar-refractivity contribution in [2.75, 3.05) is 0 Å². The number of rotatable bonds is 3. The molecule has 116 valence electrons. The molecule has 2 aliphatic rings. The molecule has 21 heavy (non-hydrogen) atoms. The second-order valence-corrected chi connectivity index (χ2v) is 8.90. The van der Waals surface area contributed by atoms with Gasteiger partial charge in [0.1, 0.15) is 11.2 Å². The molecule has 2 N–H and O–H groups in total. The fraction of sp³-hybridized carbons (Fsp3) is 0.467. The summed E-state index contributed by atoms with van der Waals surface area (Å²) in [6, 6.07) is 0. The highest BCUT2D eigenvalue weighted by atomic mass is 79.9. The zero-order valence-corrected chi connectivity index (χ0v) is 17.7. The number of aliphatic hydroxyl groups is 2. The Morgan fingerprint density at radius 2 is 1.38 bits per heavy atom. The minimum atomic E-state index is -1.23. The molecular weight excluding hydrogens is 532 g/mol. The number of hydrogen-bond acceptors (Lipinski definition) is 2. The molecule has 0 aromatic rings. The second kappa shape index (κ2) is 6.73. The fourth-order valence-corrected chi connectivity index (χ4v) is 6.42. The molecule has 0 saturated heterocycles. The summed E-state index contributed by atoms with van der Waals surface area (Å²) < 4.78 is 1.32. The van der Waals surface area contributed by atoms with Crippen LogP contribution < -0.4 is 0 Å². The third-order valence-electron chi connectivity index (χ3n) is 4.12. The van der Waals surface area contributed by atoms with Crippen LogP contribution in [0.5, 0.6) is 0 Å². The van der Waals surface area contributed by atoms with Gasteiger partial charge in [0.15, 0.2) is 0 Å². The topological polar surface area (TPSA) is 40.5 Å². The molecule has 0 bridgehead atoms. The molecule has 0 aliphatic heterocycles. The van der Waals surface area contributed by atoms with Gasteiger partial charge in [0.05, 0.1) is 9.65 Å². The number of hydrogen-bond donors (Lipinski definition) is 2. The zero-order valence-electron chi connectivity index (χ0n) is 11.3. The van der Waals surface area contributed by atoms with Crippen molar-refractivity contribution >= 4 is 63.7 Å². The van der Waals surface area contributed by atoms with Crippen LogP contribution in [-0.4, -0.2) is 31.1 Å². The second-order valence-electron chi connectivity index (χ2n) is 5.21. The Kier molecular flexibility index (Phi) is 5.82. The third kappa shape index (κ3) is 2.85. The molecule has 6 heteroatoms. The minimum absolute atomic E-state index is 0.288. The van der Waals surface area contributed by atoms with Gasteiger partial charge >= 0.3 is 0 Å². The highest BCUT2D eigenvalue weighted by Gasteiger charge is 2.57. The van der Waals surface area contributed by atoms with Crippen LogP contribution >= 0.6 is 63.7 Å². The van der Waals surface area contributed by atoms with Crippen molar-refractivity contribution in [3.8, 4) is 0 Å². The van der Waals surface area contributed by atoms with Crippen molar-refractivity contribution in [1.29, 1.82) is 0 Å². The van der Waals surface area contributed by atoms with Crippen LogP contribution in [0.1, 0.15) is 13.3 Å². The molecule has 0 fully saturated rings. The maximum absolute atomic E-state index is 11.4. The van der Waals surface area contributed by atoms with Gasteiger partial charge in [0, 0.05) is 14.9 Å². The number of allylic oxidation sites excluding steroid dienone is 4. The van der Waals surface area contributed by atoms with E-state index in [1.54, 1.807) is 0 Å². The molecule has 0 spiro atoms. The smallest absolute Gasteiger partial charge is 0.118 e. The normalized spacial score (nSPS) is 40.7. The summed E-state index contributed by atoms with van der Waals surface area (Å²) >= 11 is 14.0. The highest BCUT2D eigenvalue weighted by Crippen LogP contribution is 2.51. The van der Waals surface area contributed by atoms with Crippen molar-refractivity contribution in [3.63, 3.8) is 0 Å². The highest BCUT2D eigenvalue weighted by molar-refractivity contribution is 9.12. The predicted molar refractivity (Wildman–Crippen MR) is 101 cm³/mol. The minimum Gasteiger partial charge on any atom is -0.383 e. The van der Waals surface area contributed by atoms with Crippen LogP contribution in [-0.2, 0) is 0 Å². The standard InChI is InChI=1S/C15H16Br4O2/c1-2-9(14(20)10(16)5-3-6-11(14)17)15(21)12(18)7-4-8-13(15)19/h3-10,12,20-21H,2H2,1H3/t9?,10-,12+,14-,15-/m1/s1. The largest absolute Gasteiger partial charge is 0.383 e. The Labute approximate surface area is 158 Å². The SMILES string of the molecule is CCC([C@]1(O)C(Br)=CC=C[C@H]1Br)[C@]1(O)C(Br)=CC=C[C@@H]1Br. The van der Waals surface area contributed by atoms with E-state index < -0.39 is 17.1 Å². The molecule has 0 aromatic heterocycles. The van der Waals surface area contributed by atoms with Gasteiger partial charge in [-0.15, -0.1) is 0 Å². The van der Waals surface area contributed by atoms with Crippen LogP contribution in [0.4, 0.5) is 0 Å². The number of alkyl halides is 2. The van der Waals surface area contributed by atoms with Gasteiger partial charge in [-0.25, -0.2) is 0 Å². The predicted octanol–water partition coefficient (Wildman–Crippen LogP) is 4.70. The number of halogens is 4. The van der Waals surface area contributed by atoms with Crippen LogP contribution in [0.2, 0.25) is 0 Å². The maximum atomic E-state index is 11.4. The molecule has 2 nitrogen and oxygen atoms in total. The Hall–Kier alpha value is 0.800. The van der Waals surface area contributed by atoms with E-state index in [2.05, 4.69) is 63.7 Å². The average molecular weight is 548 g/mol. The Bertz CT molecular complexity index is 494. The Balaban J connectivity index is 2.54. The molecule has 2 rings (SSSR count). The van der Waals surface area contributed by atoms with E-state index >= 15 is 0 Å². The van der Waals surface area contributed by atoms with Crippen molar-refractivity contribution in [1.82, 2.24) is 0 Å². The first-order valence-electron chi connectivity index (χ1n) is 6.61. The van der Waals surface area contributed by atoms with E-state index in [9.17, 15) is 10.2 Å². The maximum Gasteiger partial charge on any atom is 0.118 e. The molecule has 0 radical (unpaired) electrons. The molecule has 0 saturated carbocycles. The van der Waals surface area contributed by atoms with Gasteiger partial charge < -0.3 is 10.2 Å². The Morgan fingerprint density at radius 1 is 1.00 bits per heavy atom. The van der Waals surface area contributed by atoms with E-state index in [0.717, 1.165) is 0 Å². The first-order valence-corrected chi connectivity index (χ1v) is 10.0. The van der Waals surface area contributed by atoms with Gasteiger partial charge in [-0.05, 0) is 18.6 Å². The van der Waals surface area contributed by atoms with Gasteiger partial charge in [0.25, 0.3) is 0 Å². The lowest BCUT2D eigenvalue weighted by atomic mass is 9.68. The summed E-state index contributed by atoms with van der Waals surface area (Å²) in [6.45, 7) is 1.97. The molecule has 2 aliphatic carbocycles. The summed E-state index contributed by atoms with van der Waals surface area (Å²) in [5.74, 6) is -0.426. The van der Waals surface area contributed by atoms with Gasteiger partial charge in [-0.1, -0.05) is 94.9 Å². The van der Waals surface area contributed by atoms with Crippen molar-refractivity contribution in [2.24, 2.45) is 5.92 Å². The van der Waals surface area contributed by atoms with Gasteiger partial charge in [-0.2, -0.15) is 0 Å². The van der Waals surface area contributed by atoms with Crippen molar-refractivity contribution in [2.45, 2.75) is 34.2 Å². The average Bonchev–Trinajstić information content (AvgIpc) is 2.43. The first-order chi connectivity index (χ1) is 9.79.